The fourth-order valence-corrected chi connectivity index (χ4v) is 3.21. The maximum absolute atomic E-state index is 6.00. The number of hydrogen-bond donors (Lipinski definition) is 1. The SMILES string of the molecule is CN(C)C(c1cccc(N)c1)c1ccc(Cl)s1. The summed E-state index contributed by atoms with van der Waals surface area (Å²) in [6.07, 6.45) is 0. The van der Waals surface area contributed by atoms with E-state index >= 15 is 0 Å². The van der Waals surface area contributed by atoms with E-state index in [1.165, 1.54) is 10.4 Å². The lowest BCUT2D eigenvalue weighted by Crippen LogP contribution is -2.20. The van der Waals surface area contributed by atoms with Crippen LogP contribution in [-0.4, -0.2) is 19.0 Å². The molecule has 0 aliphatic rings. The second kappa shape index (κ2) is 5.08. The zero-order valence-electron chi connectivity index (χ0n) is 9.85. The van der Waals surface area contributed by atoms with Crippen molar-refractivity contribution in [3.05, 3.63) is 51.2 Å². The predicted molar refractivity (Wildman–Crippen MR) is 75.7 cm³/mol. The van der Waals surface area contributed by atoms with Crippen LogP contribution in [-0.2, 0) is 0 Å². The second-order valence-electron chi connectivity index (χ2n) is 4.18. The van der Waals surface area contributed by atoms with E-state index < -0.39 is 0 Å². The topological polar surface area (TPSA) is 29.3 Å². The van der Waals surface area contributed by atoms with E-state index in [1.807, 2.05) is 24.3 Å². The van der Waals surface area contributed by atoms with Gasteiger partial charge in [0.1, 0.15) is 0 Å². The highest BCUT2D eigenvalue weighted by Crippen LogP contribution is 2.34. The smallest absolute Gasteiger partial charge is 0.0931 e. The molecule has 1 heterocycles. The van der Waals surface area contributed by atoms with Crippen molar-refractivity contribution < 1.29 is 0 Å². The Morgan fingerprint density at radius 1 is 1.24 bits per heavy atom. The van der Waals surface area contributed by atoms with Crippen molar-refractivity contribution in [1.29, 1.82) is 0 Å². The maximum Gasteiger partial charge on any atom is 0.0931 e. The van der Waals surface area contributed by atoms with Crippen molar-refractivity contribution >= 4 is 28.6 Å². The van der Waals surface area contributed by atoms with Gasteiger partial charge in [-0.15, -0.1) is 11.3 Å². The number of nitrogen functional groups attached to an aromatic ring is 1. The molecule has 2 nitrogen and oxygen atoms in total. The van der Waals surface area contributed by atoms with Gasteiger partial charge in [0.05, 0.1) is 10.4 Å². The summed E-state index contributed by atoms with van der Waals surface area (Å²) >= 11 is 7.61. The summed E-state index contributed by atoms with van der Waals surface area (Å²) in [5.41, 5.74) is 7.82. The third-order valence-corrected chi connectivity index (χ3v) is 3.89. The van der Waals surface area contributed by atoms with Gasteiger partial charge in [0.2, 0.25) is 0 Å². The molecule has 0 aliphatic carbocycles. The maximum atomic E-state index is 6.00. The molecule has 2 N–H and O–H groups in total. The zero-order valence-corrected chi connectivity index (χ0v) is 11.4. The highest BCUT2D eigenvalue weighted by atomic mass is 35.5. The molecule has 0 saturated heterocycles. The van der Waals surface area contributed by atoms with E-state index in [0.717, 1.165) is 10.0 Å². The third-order valence-electron chi connectivity index (χ3n) is 2.61. The molecule has 2 rings (SSSR count). The van der Waals surface area contributed by atoms with E-state index in [0.29, 0.717) is 0 Å². The lowest BCUT2D eigenvalue weighted by atomic mass is 10.0. The summed E-state index contributed by atoms with van der Waals surface area (Å²) in [5.74, 6) is 0. The summed E-state index contributed by atoms with van der Waals surface area (Å²) in [7, 11) is 4.11. The number of nitrogens with two attached hydrogens (primary N) is 1. The Bertz CT molecular complexity index is 508. The molecule has 0 radical (unpaired) electrons. The van der Waals surface area contributed by atoms with E-state index in [4.69, 9.17) is 17.3 Å². The van der Waals surface area contributed by atoms with Gasteiger partial charge in [-0.05, 0) is 43.9 Å². The summed E-state index contributed by atoms with van der Waals surface area (Å²) < 4.78 is 0.816. The number of anilines is 1. The number of rotatable bonds is 3. The molecule has 17 heavy (non-hydrogen) atoms. The number of thiophene rings is 1. The predicted octanol–water partition coefficient (Wildman–Crippen LogP) is 3.63. The van der Waals surface area contributed by atoms with Gasteiger partial charge in [0.25, 0.3) is 0 Å². The normalized spacial score (nSPS) is 12.9. The molecule has 0 bridgehead atoms. The minimum atomic E-state index is 0.205. The van der Waals surface area contributed by atoms with Crippen LogP contribution in [0.1, 0.15) is 16.5 Å². The number of nitrogens with zero attached hydrogens (tertiary/aromatic N) is 1. The summed E-state index contributed by atoms with van der Waals surface area (Å²) in [4.78, 5) is 3.39. The number of benzene rings is 1. The number of hydrogen-bond acceptors (Lipinski definition) is 3. The average molecular weight is 267 g/mol. The van der Waals surface area contributed by atoms with Crippen LogP contribution in [0.15, 0.2) is 36.4 Å². The average Bonchev–Trinajstić information content (AvgIpc) is 2.64. The van der Waals surface area contributed by atoms with Crippen LogP contribution in [0, 0.1) is 0 Å². The molecule has 1 aromatic carbocycles. The van der Waals surface area contributed by atoms with E-state index in [9.17, 15) is 0 Å². The largest absolute Gasteiger partial charge is 0.399 e. The Morgan fingerprint density at radius 3 is 2.53 bits per heavy atom. The second-order valence-corrected chi connectivity index (χ2v) is 5.92. The third kappa shape index (κ3) is 2.80. The van der Waals surface area contributed by atoms with Gasteiger partial charge in [-0.25, -0.2) is 0 Å². The zero-order chi connectivity index (χ0) is 12.4. The lowest BCUT2D eigenvalue weighted by Gasteiger charge is -2.23. The Balaban J connectivity index is 2.42. The molecule has 0 amide bonds. The van der Waals surface area contributed by atoms with Crippen LogP contribution in [0.3, 0.4) is 0 Å². The van der Waals surface area contributed by atoms with Crippen LogP contribution < -0.4 is 5.73 Å². The molecule has 0 saturated carbocycles. The molecule has 0 aliphatic heterocycles. The van der Waals surface area contributed by atoms with Gasteiger partial charge < -0.3 is 5.73 Å². The van der Waals surface area contributed by atoms with E-state index in [-0.39, 0.29) is 6.04 Å². The van der Waals surface area contributed by atoms with Crippen molar-refractivity contribution in [2.45, 2.75) is 6.04 Å². The van der Waals surface area contributed by atoms with Crippen LogP contribution in [0.4, 0.5) is 5.69 Å². The molecular formula is C13H15ClN2S. The van der Waals surface area contributed by atoms with Crippen LogP contribution >= 0.6 is 22.9 Å². The number of halogens is 1. The Kier molecular flexibility index (Phi) is 3.72. The van der Waals surface area contributed by atoms with Crippen LogP contribution in [0.25, 0.3) is 0 Å². The highest BCUT2D eigenvalue weighted by Gasteiger charge is 2.18. The molecule has 4 heteroatoms. The first-order valence-corrected chi connectivity index (χ1v) is 6.54. The minimum absolute atomic E-state index is 0.205. The van der Waals surface area contributed by atoms with E-state index in [1.54, 1.807) is 11.3 Å². The molecule has 1 atom stereocenters. The fraction of sp³-hybridized carbons (Fsp3) is 0.231. The monoisotopic (exact) mass is 266 g/mol. The summed E-state index contributed by atoms with van der Waals surface area (Å²) in [6, 6.07) is 12.2. The fourth-order valence-electron chi connectivity index (χ4n) is 1.92. The van der Waals surface area contributed by atoms with Crippen molar-refractivity contribution in [3.63, 3.8) is 0 Å². The first-order chi connectivity index (χ1) is 8.08. The quantitative estimate of drug-likeness (QED) is 0.860. The van der Waals surface area contributed by atoms with Crippen molar-refractivity contribution in [1.82, 2.24) is 4.90 Å². The highest BCUT2D eigenvalue weighted by molar-refractivity contribution is 7.16. The molecule has 0 spiro atoms. The first-order valence-electron chi connectivity index (χ1n) is 5.35. The minimum Gasteiger partial charge on any atom is -0.399 e. The van der Waals surface area contributed by atoms with E-state index in [2.05, 4.69) is 31.1 Å². The molecular weight excluding hydrogens is 252 g/mol. The molecule has 1 aromatic heterocycles. The van der Waals surface area contributed by atoms with Gasteiger partial charge >= 0.3 is 0 Å². The Hall–Kier alpha value is -1.03. The van der Waals surface area contributed by atoms with Gasteiger partial charge in [0, 0.05) is 10.6 Å². The van der Waals surface area contributed by atoms with Crippen molar-refractivity contribution in [2.75, 3.05) is 19.8 Å². The molecule has 0 fully saturated rings. The molecule has 1 unspecified atom stereocenters. The summed E-state index contributed by atoms with van der Waals surface area (Å²) in [5, 5.41) is 0. The van der Waals surface area contributed by atoms with Gasteiger partial charge in [-0.3, -0.25) is 4.90 Å². The van der Waals surface area contributed by atoms with Crippen LogP contribution in [0.2, 0.25) is 4.34 Å². The van der Waals surface area contributed by atoms with Crippen molar-refractivity contribution in [3.8, 4) is 0 Å². The van der Waals surface area contributed by atoms with Crippen LogP contribution in [0.5, 0.6) is 0 Å². The first kappa shape index (κ1) is 12.4. The Morgan fingerprint density at radius 2 is 2.00 bits per heavy atom. The summed E-state index contributed by atoms with van der Waals surface area (Å²) in [6.45, 7) is 0. The van der Waals surface area contributed by atoms with Gasteiger partial charge in [0.15, 0.2) is 0 Å². The lowest BCUT2D eigenvalue weighted by molar-refractivity contribution is 0.346. The van der Waals surface area contributed by atoms with Gasteiger partial charge in [-0.1, -0.05) is 23.7 Å². The Labute approximate surface area is 111 Å². The van der Waals surface area contributed by atoms with Gasteiger partial charge in [-0.2, -0.15) is 0 Å². The van der Waals surface area contributed by atoms with Crippen molar-refractivity contribution in [2.24, 2.45) is 0 Å². The standard InChI is InChI=1S/C13H15ClN2S/c1-16(2)13(11-6-7-12(14)17-11)9-4-3-5-10(15)8-9/h3-8,13H,15H2,1-2H3. The molecule has 90 valence electrons. The molecule has 2 aromatic rings.